The van der Waals surface area contributed by atoms with Gasteiger partial charge < -0.3 is 0 Å². The van der Waals surface area contributed by atoms with Crippen molar-refractivity contribution in [2.45, 2.75) is 11.8 Å². The van der Waals surface area contributed by atoms with Gasteiger partial charge >= 0.3 is 0 Å². The largest absolute Gasteiger partial charge is 0.272 e. The number of carbonyl (C=O) groups excluding carboxylic acids is 2. The van der Waals surface area contributed by atoms with Crippen molar-refractivity contribution >= 4 is 46.2 Å². The molecule has 114 valence electrons. The molecule has 0 fully saturated rings. The molecule has 2 amide bonds. The van der Waals surface area contributed by atoms with E-state index in [0.29, 0.717) is 5.56 Å². The average Bonchev–Trinajstić information content (AvgIpc) is 2.52. The van der Waals surface area contributed by atoms with E-state index in [4.69, 9.17) is 0 Å². The number of benzene rings is 2. The van der Waals surface area contributed by atoms with Gasteiger partial charge in [-0.3, -0.25) is 20.4 Å². The Morgan fingerprint density at radius 2 is 1.82 bits per heavy atom. The first kappa shape index (κ1) is 16.8. The highest BCUT2D eigenvalue weighted by molar-refractivity contribution is 14.1. The minimum atomic E-state index is -0.327. The summed E-state index contributed by atoms with van der Waals surface area (Å²) in [6, 6.07) is 15.1. The van der Waals surface area contributed by atoms with Gasteiger partial charge in [-0.05, 0) is 59.8 Å². The monoisotopic (exact) mass is 426 g/mol. The van der Waals surface area contributed by atoms with E-state index < -0.39 is 0 Å². The fourth-order valence-corrected chi connectivity index (χ4v) is 2.89. The molecule has 2 aromatic rings. The Kier molecular flexibility index (Phi) is 6.26. The van der Waals surface area contributed by atoms with Gasteiger partial charge in [-0.2, -0.15) is 0 Å². The van der Waals surface area contributed by atoms with E-state index in [-0.39, 0.29) is 17.6 Å². The summed E-state index contributed by atoms with van der Waals surface area (Å²) in [5.74, 6) is -0.327. The van der Waals surface area contributed by atoms with Gasteiger partial charge in [-0.1, -0.05) is 23.8 Å². The van der Waals surface area contributed by atoms with Crippen molar-refractivity contribution in [3.8, 4) is 0 Å². The van der Waals surface area contributed by atoms with E-state index in [1.54, 1.807) is 18.2 Å². The van der Waals surface area contributed by atoms with Crippen LogP contribution in [0.1, 0.15) is 15.9 Å². The standard InChI is InChI=1S/C16H15IN2O2S/c1-11-5-7-14(8-6-11)22-10-15(20)18-19-16(21)12-3-2-4-13(17)9-12/h2-9H,10H2,1H3,(H,18,20)(H,19,21). The fraction of sp³-hybridized carbons (Fsp3) is 0.125. The van der Waals surface area contributed by atoms with Crippen molar-refractivity contribution < 1.29 is 9.59 Å². The Balaban J connectivity index is 1.78. The van der Waals surface area contributed by atoms with E-state index in [9.17, 15) is 9.59 Å². The number of rotatable bonds is 4. The molecular weight excluding hydrogens is 411 g/mol. The number of hydrazine groups is 1. The zero-order valence-electron chi connectivity index (χ0n) is 11.9. The molecule has 0 aromatic heterocycles. The summed E-state index contributed by atoms with van der Waals surface area (Å²) >= 11 is 3.55. The number of aryl methyl sites for hydroxylation is 1. The summed E-state index contributed by atoms with van der Waals surface area (Å²) in [6.07, 6.45) is 0. The summed E-state index contributed by atoms with van der Waals surface area (Å²) in [5.41, 5.74) is 6.53. The highest BCUT2D eigenvalue weighted by Crippen LogP contribution is 2.17. The predicted molar refractivity (Wildman–Crippen MR) is 96.7 cm³/mol. The molecule has 0 atom stereocenters. The number of carbonyl (C=O) groups is 2. The third kappa shape index (κ3) is 5.34. The molecule has 0 unspecified atom stereocenters. The summed E-state index contributed by atoms with van der Waals surface area (Å²) in [7, 11) is 0. The molecule has 4 nitrogen and oxygen atoms in total. The quantitative estimate of drug-likeness (QED) is 0.449. The first-order valence-electron chi connectivity index (χ1n) is 6.59. The lowest BCUT2D eigenvalue weighted by molar-refractivity contribution is -0.119. The van der Waals surface area contributed by atoms with Crippen molar-refractivity contribution in [1.29, 1.82) is 0 Å². The summed E-state index contributed by atoms with van der Waals surface area (Å²) < 4.78 is 0.964. The Hall–Kier alpha value is -1.54. The number of halogens is 1. The lowest BCUT2D eigenvalue weighted by atomic mass is 10.2. The Labute approximate surface area is 147 Å². The van der Waals surface area contributed by atoms with E-state index in [0.717, 1.165) is 8.47 Å². The fourth-order valence-electron chi connectivity index (χ4n) is 1.65. The number of hydrogen-bond acceptors (Lipinski definition) is 3. The van der Waals surface area contributed by atoms with Crippen molar-refractivity contribution in [2.24, 2.45) is 0 Å². The second kappa shape index (κ2) is 8.19. The van der Waals surface area contributed by atoms with Gasteiger partial charge in [0.25, 0.3) is 5.91 Å². The first-order valence-corrected chi connectivity index (χ1v) is 8.65. The minimum Gasteiger partial charge on any atom is -0.272 e. The second-order valence-corrected chi connectivity index (χ2v) is 6.91. The smallest absolute Gasteiger partial charge is 0.269 e. The third-order valence-electron chi connectivity index (χ3n) is 2.79. The van der Waals surface area contributed by atoms with E-state index in [2.05, 4.69) is 33.4 Å². The minimum absolute atomic E-state index is 0.246. The van der Waals surface area contributed by atoms with Crippen LogP contribution < -0.4 is 10.9 Å². The molecule has 0 saturated carbocycles. The molecule has 0 saturated heterocycles. The molecule has 0 aliphatic carbocycles. The summed E-state index contributed by atoms with van der Waals surface area (Å²) in [5, 5.41) is 0. The molecule has 0 aliphatic rings. The molecule has 22 heavy (non-hydrogen) atoms. The molecule has 0 bridgehead atoms. The van der Waals surface area contributed by atoms with Gasteiger partial charge in [0.1, 0.15) is 0 Å². The van der Waals surface area contributed by atoms with Crippen LogP contribution in [0, 0.1) is 10.5 Å². The molecule has 0 radical (unpaired) electrons. The normalized spacial score (nSPS) is 10.1. The highest BCUT2D eigenvalue weighted by Gasteiger charge is 2.08. The SMILES string of the molecule is Cc1ccc(SCC(=O)NNC(=O)c2cccc(I)c2)cc1. The van der Waals surface area contributed by atoms with E-state index in [1.807, 2.05) is 37.3 Å². The van der Waals surface area contributed by atoms with Gasteiger partial charge in [0.2, 0.25) is 5.91 Å². The summed E-state index contributed by atoms with van der Waals surface area (Å²) in [6.45, 7) is 2.02. The van der Waals surface area contributed by atoms with Crippen molar-refractivity contribution in [2.75, 3.05) is 5.75 Å². The maximum absolute atomic E-state index is 11.9. The zero-order chi connectivity index (χ0) is 15.9. The maximum Gasteiger partial charge on any atom is 0.269 e. The predicted octanol–water partition coefficient (Wildman–Crippen LogP) is 3.15. The number of hydrogen-bond donors (Lipinski definition) is 2. The maximum atomic E-state index is 11.9. The van der Waals surface area contributed by atoms with Gasteiger partial charge in [-0.15, -0.1) is 11.8 Å². The Morgan fingerprint density at radius 3 is 2.50 bits per heavy atom. The highest BCUT2D eigenvalue weighted by atomic mass is 127. The van der Waals surface area contributed by atoms with Crippen LogP contribution in [0.25, 0.3) is 0 Å². The van der Waals surface area contributed by atoms with Gasteiger partial charge in [0.05, 0.1) is 5.75 Å². The zero-order valence-corrected chi connectivity index (χ0v) is 14.9. The van der Waals surface area contributed by atoms with Gasteiger partial charge in [0, 0.05) is 14.0 Å². The third-order valence-corrected chi connectivity index (χ3v) is 4.48. The van der Waals surface area contributed by atoms with Crippen LogP contribution in [-0.2, 0) is 4.79 Å². The number of nitrogens with one attached hydrogen (secondary N) is 2. The van der Waals surface area contributed by atoms with Crippen LogP contribution in [-0.4, -0.2) is 17.6 Å². The molecule has 2 N–H and O–H groups in total. The topological polar surface area (TPSA) is 58.2 Å². The van der Waals surface area contributed by atoms with Crippen LogP contribution in [0.5, 0.6) is 0 Å². The van der Waals surface area contributed by atoms with Gasteiger partial charge in [0.15, 0.2) is 0 Å². The number of thioether (sulfide) groups is 1. The Bertz CT molecular complexity index is 674. The summed E-state index contributed by atoms with van der Waals surface area (Å²) in [4.78, 5) is 24.6. The van der Waals surface area contributed by atoms with Crippen LogP contribution in [0.15, 0.2) is 53.4 Å². The van der Waals surface area contributed by atoms with Crippen LogP contribution in [0.4, 0.5) is 0 Å². The van der Waals surface area contributed by atoms with Gasteiger partial charge in [-0.25, -0.2) is 0 Å². The molecule has 6 heteroatoms. The second-order valence-electron chi connectivity index (χ2n) is 4.61. The molecule has 2 aromatic carbocycles. The lowest BCUT2D eigenvalue weighted by Crippen LogP contribution is -2.42. The van der Waals surface area contributed by atoms with E-state index >= 15 is 0 Å². The molecule has 2 rings (SSSR count). The van der Waals surface area contributed by atoms with Crippen LogP contribution >= 0.6 is 34.4 Å². The van der Waals surface area contributed by atoms with Crippen LogP contribution in [0.3, 0.4) is 0 Å². The lowest BCUT2D eigenvalue weighted by Gasteiger charge is -2.07. The van der Waals surface area contributed by atoms with Crippen molar-refractivity contribution in [3.05, 3.63) is 63.2 Å². The van der Waals surface area contributed by atoms with Crippen molar-refractivity contribution in [1.82, 2.24) is 10.9 Å². The van der Waals surface area contributed by atoms with Crippen molar-refractivity contribution in [3.63, 3.8) is 0 Å². The molecule has 0 heterocycles. The molecular formula is C16H15IN2O2S. The number of amides is 2. The van der Waals surface area contributed by atoms with Crippen LogP contribution in [0.2, 0.25) is 0 Å². The average molecular weight is 426 g/mol. The Morgan fingerprint density at radius 1 is 1.09 bits per heavy atom. The first-order chi connectivity index (χ1) is 10.5. The molecule has 0 spiro atoms. The van der Waals surface area contributed by atoms with E-state index in [1.165, 1.54) is 17.3 Å². The molecule has 0 aliphatic heterocycles.